The molecule has 1 aromatic rings. The van der Waals surface area contributed by atoms with E-state index in [0.29, 0.717) is 13.2 Å². The molecule has 4 nitrogen and oxygen atoms in total. The van der Waals surface area contributed by atoms with E-state index in [1.54, 1.807) is 0 Å². The van der Waals surface area contributed by atoms with Crippen molar-refractivity contribution in [1.29, 1.82) is 0 Å². The van der Waals surface area contributed by atoms with Crippen molar-refractivity contribution in [2.24, 2.45) is 0 Å². The molecular weight excluding hydrogens is 344 g/mol. The summed E-state index contributed by atoms with van der Waals surface area (Å²) < 4.78 is 32.8. The van der Waals surface area contributed by atoms with Gasteiger partial charge in [-0.2, -0.15) is 0 Å². The van der Waals surface area contributed by atoms with E-state index in [1.165, 1.54) is 0 Å². The summed E-state index contributed by atoms with van der Waals surface area (Å²) in [7, 11) is 1.56. The Morgan fingerprint density at radius 1 is 1.28 bits per heavy atom. The minimum atomic E-state index is -3.48. The topological polar surface area (TPSA) is 52.6 Å². The second-order valence-corrected chi connectivity index (χ2v) is 7.43. The molecular formula is C11H14BrClO4S. The van der Waals surface area contributed by atoms with Gasteiger partial charge in [-0.1, -0.05) is 22.0 Å². The average Bonchev–Trinajstić information content (AvgIpc) is 2.26. The lowest BCUT2D eigenvalue weighted by atomic mass is 10.2. The van der Waals surface area contributed by atoms with Gasteiger partial charge in [0.1, 0.15) is 12.4 Å². The van der Waals surface area contributed by atoms with Gasteiger partial charge in [0.2, 0.25) is 9.05 Å². The van der Waals surface area contributed by atoms with Gasteiger partial charge in [-0.05, 0) is 24.6 Å². The summed E-state index contributed by atoms with van der Waals surface area (Å²) in [5.41, 5.74) is 1.03. The number of hydrogen-bond acceptors (Lipinski definition) is 4. The maximum Gasteiger partial charge on any atom is 0.234 e. The van der Waals surface area contributed by atoms with Gasteiger partial charge >= 0.3 is 0 Å². The molecule has 0 aliphatic rings. The highest BCUT2D eigenvalue weighted by molar-refractivity contribution is 9.10. The van der Waals surface area contributed by atoms with E-state index in [9.17, 15) is 8.42 Å². The molecule has 0 unspecified atom stereocenters. The zero-order valence-electron chi connectivity index (χ0n) is 9.86. The highest BCUT2D eigenvalue weighted by Crippen LogP contribution is 2.22. The molecule has 0 fully saturated rings. The highest BCUT2D eigenvalue weighted by atomic mass is 79.9. The van der Waals surface area contributed by atoms with Crippen LogP contribution in [0.4, 0.5) is 0 Å². The summed E-state index contributed by atoms with van der Waals surface area (Å²) in [5.74, 6) is 0.586. The molecule has 0 atom stereocenters. The van der Waals surface area contributed by atoms with Crippen molar-refractivity contribution in [1.82, 2.24) is 0 Å². The average molecular weight is 358 g/mol. The van der Waals surface area contributed by atoms with Crippen LogP contribution in [-0.4, -0.2) is 34.0 Å². The first-order chi connectivity index (χ1) is 8.38. The van der Waals surface area contributed by atoms with Gasteiger partial charge < -0.3 is 9.47 Å². The van der Waals surface area contributed by atoms with E-state index in [-0.39, 0.29) is 12.4 Å². The summed E-state index contributed by atoms with van der Waals surface area (Å²) in [5, 5.41) is 0. The Labute approximate surface area is 120 Å². The molecule has 7 heteroatoms. The monoisotopic (exact) mass is 356 g/mol. The smallest absolute Gasteiger partial charge is 0.234 e. The van der Waals surface area contributed by atoms with Crippen molar-refractivity contribution in [3.63, 3.8) is 0 Å². The molecule has 0 radical (unpaired) electrons. The lowest BCUT2D eigenvalue weighted by molar-refractivity contribution is 0.111. The first-order valence-electron chi connectivity index (χ1n) is 5.27. The van der Waals surface area contributed by atoms with Crippen LogP contribution in [0.2, 0.25) is 0 Å². The second kappa shape index (κ2) is 7.33. The normalized spacial score (nSPS) is 11.5. The molecule has 0 spiro atoms. The quantitative estimate of drug-likeness (QED) is 0.556. The predicted octanol–water partition coefficient (Wildman–Crippen LogP) is 2.72. The summed E-state index contributed by atoms with van der Waals surface area (Å²) >= 11 is 3.36. The Bertz CT molecular complexity index is 490. The van der Waals surface area contributed by atoms with Crippen LogP contribution in [0.15, 0.2) is 22.7 Å². The highest BCUT2D eigenvalue weighted by Gasteiger charge is 2.04. The van der Waals surface area contributed by atoms with Crippen LogP contribution in [0.25, 0.3) is 0 Å². The molecule has 0 aromatic heterocycles. The Morgan fingerprint density at radius 2 is 2.00 bits per heavy atom. The van der Waals surface area contributed by atoms with Crippen LogP contribution in [0.3, 0.4) is 0 Å². The van der Waals surface area contributed by atoms with Crippen molar-refractivity contribution >= 4 is 35.7 Å². The van der Waals surface area contributed by atoms with Gasteiger partial charge in [-0.25, -0.2) is 8.42 Å². The minimum absolute atomic E-state index is 0.0761. The Hall–Kier alpha value is -0.300. The van der Waals surface area contributed by atoms with Crippen LogP contribution in [-0.2, 0) is 13.8 Å². The number of halogens is 2. The van der Waals surface area contributed by atoms with E-state index in [4.69, 9.17) is 20.2 Å². The van der Waals surface area contributed by atoms with Crippen LogP contribution in [0.1, 0.15) is 5.56 Å². The fourth-order valence-electron chi connectivity index (χ4n) is 1.20. The van der Waals surface area contributed by atoms with Gasteiger partial charge in [0.25, 0.3) is 0 Å². The fourth-order valence-corrected chi connectivity index (χ4v) is 2.05. The Balaban J connectivity index is 2.24. The number of ether oxygens (including phenoxy) is 2. The van der Waals surface area contributed by atoms with Crippen LogP contribution in [0.5, 0.6) is 5.75 Å². The van der Waals surface area contributed by atoms with E-state index in [0.717, 1.165) is 15.8 Å². The largest absolute Gasteiger partial charge is 0.491 e. The molecule has 102 valence electrons. The molecule has 1 rings (SSSR count). The summed E-state index contributed by atoms with van der Waals surface area (Å²) in [6.07, 6.45) is 0. The molecule has 18 heavy (non-hydrogen) atoms. The van der Waals surface area contributed by atoms with Crippen LogP contribution < -0.4 is 4.74 Å². The van der Waals surface area contributed by atoms with Gasteiger partial charge in [-0.3, -0.25) is 0 Å². The minimum Gasteiger partial charge on any atom is -0.491 e. The molecule has 1 aromatic carbocycles. The molecule has 0 saturated heterocycles. The third-order valence-electron chi connectivity index (χ3n) is 2.11. The summed E-state index contributed by atoms with van der Waals surface area (Å²) in [6, 6.07) is 5.75. The standard InChI is InChI=1S/C11H14BrClO4S/c1-9-2-3-10(12)8-11(9)17-5-4-16-6-7-18(13,14)15/h2-3,8H,4-7H2,1H3. The van der Waals surface area contributed by atoms with Crippen molar-refractivity contribution in [2.75, 3.05) is 25.6 Å². The van der Waals surface area contributed by atoms with E-state index in [2.05, 4.69) is 15.9 Å². The second-order valence-electron chi connectivity index (χ2n) is 3.61. The van der Waals surface area contributed by atoms with E-state index >= 15 is 0 Å². The van der Waals surface area contributed by atoms with Gasteiger partial charge in [0.05, 0.1) is 19.0 Å². The number of hydrogen-bond donors (Lipinski definition) is 0. The van der Waals surface area contributed by atoms with Crippen molar-refractivity contribution < 1.29 is 17.9 Å². The number of benzene rings is 1. The third-order valence-corrected chi connectivity index (χ3v) is 3.72. The van der Waals surface area contributed by atoms with Gasteiger partial charge in [-0.15, -0.1) is 0 Å². The van der Waals surface area contributed by atoms with Crippen molar-refractivity contribution in [3.8, 4) is 5.75 Å². The molecule has 0 aliphatic carbocycles. The zero-order chi connectivity index (χ0) is 13.6. The maximum atomic E-state index is 10.6. The van der Waals surface area contributed by atoms with E-state index in [1.807, 2.05) is 25.1 Å². The molecule has 0 N–H and O–H groups in total. The molecule has 0 saturated carbocycles. The lowest BCUT2D eigenvalue weighted by Gasteiger charge is -2.09. The first kappa shape index (κ1) is 15.8. The molecule has 0 bridgehead atoms. The predicted molar refractivity (Wildman–Crippen MR) is 74.8 cm³/mol. The van der Waals surface area contributed by atoms with E-state index < -0.39 is 9.05 Å². The SMILES string of the molecule is Cc1ccc(Br)cc1OCCOCCS(=O)(=O)Cl. The van der Waals surface area contributed by atoms with Crippen molar-refractivity contribution in [2.45, 2.75) is 6.92 Å². The fraction of sp³-hybridized carbons (Fsp3) is 0.455. The number of aryl methyl sites for hydroxylation is 1. The zero-order valence-corrected chi connectivity index (χ0v) is 13.0. The first-order valence-corrected chi connectivity index (χ1v) is 8.54. The summed E-state index contributed by atoms with van der Waals surface area (Å²) in [4.78, 5) is 0. The Morgan fingerprint density at radius 3 is 2.67 bits per heavy atom. The third kappa shape index (κ3) is 6.58. The van der Waals surface area contributed by atoms with Gasteiger partial charge in [0.15, 0.2) is 0 Å². The molecule has 0 amide bonds. The van der Waals surface area contributed by atoms with Gasteiger partial charge in [0, 0.05) is 15.2 Å². The van der Waals surface area contributed by atoms with Crippen LogP contribution >= 0.6 is 26.6 Å². The number of rotatable bonds is 7. The maximum absolute atomic E-state index is 10.6. The molecule has 0 aliphatic heterocycles. The van der Waals surface area contributed by atoms with Crippen LogP contribution in [0, 0.1) is 6.92 Å². The van der Waals surface area contributed by atoms with Crippen molar-refractivity contribution in [3.05, 3.63) is 28.2 Å². The lowest BCUT2D eigenvalue weighted by Crippen LogP contribution is -2.12. The molecule has 0 heterocycles. The Kier molecular flexibility index (Phi) is 6.42. The summed E-state index contributed by atoms with van der Waals surface area (Å²) in [6.45, 7) is 2.70.